The van der Waals surface area contributed by atoms with Gasteiger partial charge in [0.05, 0.1) is 16.6 Å². The normalized spacial score (nSPS) is 15.0. The van der Waals surface area contributed by atoms with Crippen LogP contribution in [0, 0.1) is 6.92 Å². The van der Waals surface area contributed by atoms with Gasteiger partial charge < -0.3 is 14.5 Å². The Hall–Kier alpha value is -4.08. The average molecular weight is 441 g/mol. The molecule has 33 heavy (non-hydrogen) atoms. The van der Waals surface area contributed by atoms with Gasteiger partial charge in [0.1, 0.15) is 18.0 Å². The van der Waals surface area contributed by atoms with Gasteiger partial charge in [-0.05, 0) is 31.9 Å². The number of rotatable bonds is 3. The van der Waals surface area contributed by atoms with Crippen LogP contribution in [0.1, 0.15) is 24.7 Å². The van der Waals surface area contributed by atoms with E-state index >= 15 is 0 Å². The van der Waals surface area contributed by atoms with Crippen LogP contribution in [-0.2, 0) is 7.05 Å². The predicted molar refractivity (Wildman–Crippen MR) is 125 cm³/mol. The van der Waals surface area contributed by atoms with Crippen LogP contribution < -0.4 is 10.6 Å². The number of H-pyrrole nitrogens is 1. The molecule has 0 saturated carbocycles. The third-order valence-corrected chi connectivity index (χ3v) is 6.43. The van der Waals surface area contributed by atoms with Gasteiger partial charge in [0.25, 0.3) is 0 Å². The number of aromatic nitrogens is 8. The van der Waals surface area contributed by atoms with Gasteiger partial charge in [-0.1, -0.05) is 12.1 Å². The van der Waals surface area contributed by atoms with E-state index in [0.717, 1.165) is 71.2 Å². The molecule has 0 amide bonds. The Morgan fingerprint density at radius 3 is 2.58 bits per heavy atom. The van der Waals surface area contributed by atoms with Crippen molar-refractivity contribution in [3.63, 3.8) is 0 Å². The maximum Gasteiger partial charge on any atom is 0.326 e. The molecular formula is C23H23N9O. The summed E-state index contributed by atoms with van der Waals surface area (Å²) < 4.78 is 3.85. The van der Waals surface area contributed by atoms with Gasteiger partial charge in [-0.3, -0.25) is 4.57 Å². The lowest BCUT2D eigenvalue weighted by Gasteiger charge is -2.33. The minimum absolute atomic E-state index is 0.0474. The van der Waals surface area contributed by atoms with Crippen LogP contribution in [0.25, 0.3) is 33.6 Å². The van der Waals surface area contributed by atoms with Gasteiger partial charge in [-0.2, -0.15) is 0 Å². The number of nitrogens with one attached hydrogen (secondary N) is 1. The molecule has 0 bridgehead atoms. The Morgan fingerprint density at radius 2 is 1.79 bits per heavy atom. The Morgan fingerprint density at radius 1 is 1.03 bits per heavy atom. The first-order valence-corrected chi connectivity index (χ1v) is 11.0. The molecule has 0 atom stereocenters. The van der Waals surface area contributed by atoms with Crippen LogP contribution in [0.5, 0.6) is 0 Å². The summed E-state index contributed by atoms with van der Waals surface area (Å²) in [6, 6.07) is 7.99. The van der Waals surface area contributed by atoms with Crippen molar-refractivity contribution in [3.05, 3.63) is 59.3 Å². The van der Waals surface area contributed by atoms with Crippen molar-refractivity contribution >= 4 is 28.0 Å². The van der Waals surface area contributed by atoms with E-state index in [2.05, 4.69) is 29.8 Å². The van der Waals surface area contributed by atoms with E-state index in [1.54, 1.807) is 18.7 Å². The smallest absolute Gasteiger partial charge is 0.326 e. The third kappa shape index (κ3) is 3.17. The summed E-state index contributed by atoms with van der Waals surface area (Å²) in [6.07, 6.45) is 6.84. The number of imidazole rings is 2. The molecular weight excluding hydrogens is 418 g/mol. The zero-order valence-electron chi connectivity index (χ0n) is 18.4. The first-order chi connectivity index (χ1) is 16.1. The average Bonchev–Trinajstić information content (AvgIpc) is 3.36. The van der Waals surface area contributed by atoms with Crippen molar-refractivity contribution in [3.8, 4) is 11.4 Å². The van der Waals surface area contributed by atoms with Crippen LogP contribution in [0.15, 0.2) is 47.8 Å². The quantitative estimate of drug-likeness (QED) is 0.458. The highest BCUT2D eigenvalue weighted by Gasteiger charge is 2.26. The molecule has 1 saturated heterocycles. The molecule has 5 heterocycles. The van der Waals surface area contributed by atoms with Gasteiger partial charge in [0.2, 0.25) is 0 Å². The van der Waals surface area contributed by atoms with Crippen molar-refractivity contribution in [1.82, 2.24) is 39.0 Å². The Balaban J connectivity index is 1.31. The van der Waals surface area contributed by atoms with Crippen LogP contribution >= 0.6 is 0 Å². The second kappa shape index (κ2) is 7.51. The zero-order chi connectivity index (χ0) is 22.5. The molecule has 0 aliphatic carbocycles. The molecule has 166 valence electrons. The summed E-state index contributed by atoms with van der Waals surface area (Å²) in [7, 11) is 1.94. The SMILES string of the molecule is Cc1ncc(-c2nc3c(N4CCC(n5c(=O)[nH]c6ccccc65)CC4)ncnc3n2C)cn1. The maximum absolute atomic E-state index is 12.6. The fraction of sp³-hybridized carbons (Fsp3) is 0.304. The van der Waals surface area contributed by atoms with E-state index in [0.29, 0.717) is 0 Å². The highest BCUT2D eigenvalue weighted by molar-refractivity contribution is 5.86. The molecule has 1 aliphatic heterocycles. The molecule has 6 rings (SSSR count). The lowest BCUT2D eigenvalue weighted by atomic mass is 10.0. The molecule has 10 heteroatoms. The fourth-order valence-corrected chi connectivity index (χ4v) is 4.76. The van der Waals surface area contributed by atoms with E-state index in [4.69, 9.17) is 4.98 Å². The summed E-state index contributed by atoms with van der Waals surface area (Å²) in [5.74, 6) is 2.29. The van der Waals surface area contributed by atoms with Crippen molar-refractivity contribution < 1.29 is 0 Å². The van der Waals surface area contributed by atoms with Crippen LogP contribution in [0.3, 0.4) is 0 Å². The first-order valence-electron chi connectivity index (χ1n) is 11.0. The predicted octanol–water partition coefficient (Wildman–Crippen LogP) is 2.61. The first kappa shape index (κ1) is 19.6. The number of anilines is 1. The molecule has 1 aliphatic rings. The molecule has 4 aromatic heterocycles. The summed E-state index contributed by atoms with van der Waals surface area (Å²) >= 11 is 0. The highest BCUT2D eigenvalue weighted by Crippen LogP contribution is 2.31. The van der Waals surface area contributed by atoms with Crippen molar-refractivity contribution in [2.24, 2.45) is 7.05 Å². The fourth-order valence-electron chi connectivity index (χ4n) is 4.76. The van der Waals surface area contributed by atoms with Crippen molar-refractivity contribution in [2.75, 3.05) is 18.0 Å². The van der Waals surface area contributed by atoms with Crippen LogP contribution in [-0.4, -0.2) is 52.1 Å². The summed E-state index contributed by atoms with van der Waals surface area (Å²) in [5, 5.41) is 0. The number of para-hydroxylation sites is 2. The van der Waals surface area contributed by atoms with Gasteiger partial charge in [0.15, 0.2) is 17.0 Å². The van der Waals surface area contributed by atoms with Gasteiger partial charge in [0, 0.05) is 38.6 Å². The summed E-state index contributed by atoms with van der Waals surface area (Å²) in [5.41, 5.74) is 4.16. The Kier molecular flexibility index (Phi) is 4.46. The third-order valence-electron chi connectivity index (χ3n) is 6.43. The molecule has 10 nitrogen and oxygen atoms in total. The zero-order valence-corrected chi connectivity index (χ0v) is 18.4. The van der Waals surface area contributed by atoms with Gasteiger partial charge in [-0.15, -0.1) is 0 Å². The molecule has 1 aromatic carbocycles. The van der Waals surface area contributed by atoms with Gasteiger partial charge >= 0.3 is 5.69 Å². The molecule has 0 radical (unpaired) electrons. The molecule has 5 aromatic rings. The number of aryl methyl sites for hydroxylation is 2. The lowest BCUT2D eigenvalue weighted by Crippen LogP contribution is -2.37. The Labute approximate surface area is 189 Å². The molecule has 1 fully saturated rings. The van der Waals surface area contributed by atoms with E-state index in [9.17, 15) is 4.79 Å². The summed E-state index contributed by atoms with van der Waals surface area (Å²) in [4.78, 5) is 40.3. The lowest BCUT2D eigenvalue weighted by molar-refractivity contribution is 0.395. The number of hydrogen-bond acceptors (Lipinski definition) is 7. The number of fused-ring (bicyclic) bond motifs is 2. The van der Waals surface area contributed by atoms with Crippen molar-refractivity contribution in [1.29, 1.82) is 0 Å². The number of aromatic amines is 1. The van der Waals surface area contributed by atoms with Gasteiger partial charge in [-0.25, -0.2) is 29.7 Å². The minimum Gasteiger partial charge on any atom is -0.355 e. The van der Waals surface area contributed by atoms with Crippen LogP contribution in [0.2, 0.25) is 0 Å². The summed E-state index contributed by atoms with van der Waals surface area (Å²) in [6.45, 7) is 3.42. The molecule has 0 spiro atoms. The number of benzene rings is 1. The highest BCUT2D eigenvalue weighted by atomic mass is 16.1. The monoisotopic (exact) mass is 441 g/mol. The second-order valence-electron chi connectivity index (χ2n) is 8.42. The minimum atomic E-state index is -0.0474. The molecule has 0 unspecified atom stereocenters. The van der Waals surface area contributed by atoms with Crippen LogP contribution in [0.4, 0.5) is 5.82 Å². The van der Waals surface area contributed by atoms with E-state index in [1.165, 1.54) is 0 Å². The number of piperidine rings is 1. The maximum atomic E-state index is 12.6. The topological polar surface area (TPSA) is 110 Å². The largest absolute Gasteiger partial charge is 0.355 e. The van der Waals surface area contributed by atoms with E-state index in [-0.39, 0.29) is 11.7 Å². The van der Waals surface area contributed by atoms with E-state index < -0.39 is 0 Å². The second-order valence-corrected chi connectivity index (χ2v) is 8.42. The van der Waals surface area contributed by atoms with Crippen molar-refractivity contribution in [2.45, 2.75) is 25.8 Å². The molecule has 1 N–H and O–H groups in total. The number of hydrogen-bond donors (Lipinski definition) is 1. The number of nitrogens with zero attached hydrogens (tertiary/aromatic N) is 8. The van der Waals surface area contributed by atoms with E-state index in [1.807, 2.05) is 47.4 Å². The Bertz CT molecular complexity index is 1520. The standard InChI is InChI=1S/C23H23N9O/c1-14-24-11-15(12-25-14)20-29-19-21(30(20)2)26-13-27-22(19)31-9-7-16(8-10-31)32-18-6-4-3-5-17(18)28-23(32)33/h3-6,11-13,16H,7-10H2,1-2H3,(H,28,33).